The number of carboxylic acids is 1. The van der Waals surface area contributed by atoms with Crippen molar-refractivity contribution >= 4 is 29.1 Å². The Morgan fingerprint density at radius 2 is 2.22 bits per heavy atom. The minimum Gasteiger partial charge on any atom is -0.487 e. The molecule has 94 valence electrons. The molecule has 0 aliphatic rings. The Morgan fingerprint density at radius 3 is 2.83 bits per heavy atom. The zero-order valence-corrected chi connectivity index (χ0v) is 11.4. The van der Waals surface area contributed by atoms with Gasteiger partial charge in [-0.2, -0.15) is 0 Å². The minimum atomic E-state index is -0.957. The molecular formula is C13H12O3S2. The highest BCUT2D eigenvalue weighted by Gasteiger charge is 2.16. The highest BCUT2D eigenvalue weighted by molar-refractivity contribution is 7.98. The molecule has 3 nitrogen and oxygen atoms in total. The maximum absolute atomic E-state index is 11.3. The van der Waals surface area contributed by atoms with Crippen LogP contribution in [0.3, 0.4) is 0 Å². The molecule has 1 aromatic heterocycles. The molecule has 1 aromatic carbocycles. The first-order chi connectivity index (χ1) is 8.72. The van der Waals surface area contributed by atoms with E-state index in [1.165, 1.54) is 11.8 Å². The van der Waals surface area contributed by atoms with Gasteiger partial charge in [0.2, 0.25) is 0 Å². The lowest BCUT2D eigenvalue weighted by atomic mass is 10.2. The third kappa shape index (κ3) is 2.86. The van der Waals surface area contributed by atoms with E-state index >= 15 is 0 Å². The van der Waals surface area contributed by atoms with E-state index in [1.54, 1.807) is 23.5 Å². The number of ether oxygens (including phenoxy) is 1. The van der Waals surface area contributed by atoms with Crippen molar-refractivity contribution in [2.24, 2.45) is 0 Å². The maximum atomic E-state index is 11.3. The van der Waals surface area contributed by atoms with Crippen LogP contribution in [0.4, 0.5) is 0 Å². The predicted octanol–water partition coefficient (Wildman–Crippen LogP) is 3.75. The fourth-order valence-corrected chi connectivity index (χ4v) is 2.78. The number of rotatable bonds is 5. The van der Waals surface area contributed by atoms with Crippen LogP contribution in [-0.4, -0.2) is 17.3 Å². The van der Waals surface area contributed by atoms with Crippen LogP contribution in [0.2, 0.25) is 0 Å². The molecule has 1 heterocycles. The molecule has 0 aliphatic heterocycles. The molecule has 0 atom stereocenters. The lowest BCUT2D eigenvalue weighted by molar-refractivity contribution is 0.0687. The average molecular weight is 280 g/mol. The normalized spacial score (nSPS) is 10.3. The topological polar surface area (TPSA) is 46.5 Å². The Hall–Kier alpha value is -1.46. The van der Waals surface area contributed by atoms with Gasteiger partial charge in [-0.3, -0.25) is 0 Å². The number of benzene rings is 1. The van der Waals surface area contributed by atoms with Crippen LogP contribution in [0.15, 0.2) is 40.6 Å². The molecule has 18 heavy (non-hydrogen) atoms. The van der Waals surface area contributed by atoms with E-state index in [-0.39, 0.29) is 5.56 Å². The van der Waals surface area contributed by atoms with Crippen LogP contribution in [0.1, 0.15) is 15.2 Å². The predicted molar refractivity (Wildman–Crippen MR) is 73.8 cm³/mol. The number of hydrogen-bond acceptors (Lipinski definition) is 4. The van der Waals surface area contributed by atoms with Crippen molar-refractivity contribution in [2.75, 3.05) is 6.26 Å². The minimum absolute atomic E-state index is 0.238. The quantitative estimate of drug-likeness (QED) is 0.847. The average Bonchev–Trinajstić information content (AvgIpc) is 2.88. The molecule has 2 rings (SSSR count). The molecule has 1 N–H and O–H groups in total. The molecule has 5 heteroatoms. The van der Waals surface area contributed by atoms with Crippen LogP contribution in [0, 0.1) is 0 Å². The summed E-state index contributed by atoms with van der Waals surface area (Å²) in [4.78, 5) is 13.1. The summed E-state index contributed by atoms with van der Waals surface area (Å²) in [5, 5.41) is 11.2. The van der Waals surface area contributed by atoms with Gasteiger partial charge in [0.05, 0.1) is 0 Å². The molecule has 0 spiro atoms. The zero-order valence-electron chi connectivity index (χ0n) is 9.75. The summed E-state index contributed by atoms with van der Waals surface area (Å²) in [7, 11) is 0. The first-order valence-corrected chi connectivity index (χ1v) is 7.38. The summed E-state index contributed by atoms with van der Waals surface area (Å²) in [6.07, 6.45) is 1.85. The van der Waals surface area contributed by atoms with Crippen molar-refractivity contribution in [3.05, 3.63) is 46.2 Å². The van der Waals surface area contributed by atoms with E-state index in [0.29, 0.717) is 17.3 Å². The molecule has 0 aliphatic carbocycles. The van der Waals surface area contributed by atoms with Crippen LogP contribution in [-0.2, 0) is 6.61 Å². The van der Waals surface area contributed by atoms with Gasteiger partial charge >= 0.3 is 5.97 Å². The van der Waals surface area contributed by atoms with Crippen molar-refractivity contribution in [1.29, 1.82) is 0 Å². The van der Waals surface area contributed by atoms with E-state index < -0.39 is 5.97 Å². The lowest BCUT2D eigenvalue weighted by Gasteiger charge is -2.10. The van der Waals surface area contributed by atoms with Gasteiger partial charge < -0.3 is 9.84 Å². The lowest BCUT2D eigenvalue weighted by Crippen LogP contribution is -2.04. The SMILES string of the molecule is CSc1cccc(OCc2cccs2)c1C(=O)O. The fraction of sp³-hybridized carbons (Fsp3) is 0.154. The number of thiophene rings is 1. The summed E-state index contributed by atoms with van der Waals surface area (Å²) in [6.45, 7) is 0.399. The van der Waals surface area contributed by atoms with E-state index in [0.717, 1.165) is 4.88 Å². The summed E-state index contributed by atoms with van der Waals surface area (Å²) >= 11 is 2.99. The number of hydrogen-bond donors (Lipinski definition) is 1. The summed E-state index contributed by atoms with van der Waals surface area (Å²) in [5.74, 6) is -0.538. The smallest absolute Gasteiger partial charge is 0.340 e. The van der Waals surface area contributed by atoms with Crippen molar-refractivity contribution < 1.29 is 14.6 Å². The molecule has 0 radical (unpaired) electrons. The second-order valence-corrected chi connectivity index (χ2v) is 5.39. The summed E-state index contributed by atoms with van der Waals surface area (Å²) in [5.41, 5.74) is 0.238. The largest absolute Gasteiger partial charge is 0.487 e. The Kier molecular flexibility index (Phi) is 4.28. The highest BCUT2D eigenvalue weighted by Crippen LogP contribution is 2.29. The second-order valence-electron chi connectivity index (χ2n) is 3.51. The molecule has 2 aromatic rings. The molecular weight excluding hydrogens is 268 g/mol. The molecule has 0 amide bonds. The van der Waals surface area contributed by atoms with E-state index in [2.05, 4.69) is 0 Å². The van der Waals surface area contributed by atoms with Gasteiger partial charge in [0, 0.05) is 9.77 Å². The highest BCUT2D eigenvalue weighted by atomic mass is 32.2. The first-order valence-electron chi connectivity index (χ1n) is 5.28. The third-order valence-electron chi connectivity index (χ3n) is 2.37. The number of carboxylic acid groups (broad SMARTS) is 1. The Bertz CT molecular complexity index is 535. The van der Waals surface area contributed by atoms with Gasteiger partial charge in [0.25, 0.3) is 0 Å². The van der Waals surface area contributed by atoms with E-state index in [1.807, 2.05) is 29.8 Å². The summed E-state index contributed by atoms with van der Waals surface area (Å²) in [6, 6.07) is 9.19. The van der Waals surface area contributed by atoms with Gasteiger partial charge in [-0.1, -0.05) is 12.1 Å². The maximum Gasteiger partial charge on any atom is 0.340 e. The molecule has 0 fully saturated rings. The number of thioether (sulfide) groups is 1. The molecule has 0 bridgehead atoms. The standard InChI is InChI=1S/C13H12O3S2/c1-17-11-6-2-5-10(12(11)13(14)15)16-8-9-4-3-7-18-9/h2-7H,8H2,1H3,(H,14,15). The van der Waals surface area contributed by atoms with Crippen molar-refractivity contribution in [3.8, 4) is 5.75 Å². The summed E-state index contributed by atoms with van der Waals surface area (Å²) < 4.78 is 5.60. The molecule has 0 saturated carbocycles. The van der Waals surface area contributed by atoms with Crippen molar-refractivity contribution in [3.63, 3.8) is 0 Å². The van der Waals surface area contributed by atoms with Crippen LogP contribution in [0.25, 0.3) is 0 Å². The van der Waals surface area contributed by atoms with E-state index in [4.69, 9.17) is 4.74 Å². The van der Waals surface area contributed by atoms with Crippen LogP contribution < -0.4 is 4.74 Å². The van der Waals surface area contributed by atoms with Gasteiger partial charge in [0.15, 0.2) is 0 Å². The van der Waals surface area contributed by atoms with E-state index in [9.17, 15) is 9.90 Å². The Labute approximate surface area is 113 Å². The Balaban J connectivity index is 2.24. The van der Waals surface area contributed by atoms with Gasteiger partial charge in [-0.05, 0) is 29.8 Å². The van der Waals surface area contributed by atoms with Crippen LogP contribution in [0.5, 0.6) is 5.75 Å². The van der Waals surface area contributed by atoms with Crippen LogP contribution >= 0.6 is 23.1 Å². The van der Waals surface area contributed by atoms with Gasteiger partial charge in [0.1, 0.15) is 17.9 Å². The monoisotopic (exact) mass is 280 g/mol. The van der Waals surface area contributed by atoms with Gasteiger partial charge in [-0.25, -0.2) is 4.79 Å². The zero-order chi connectivity index (χ0) is 13.0. The van der Waals surface area contributed by atoms with Crippen molar-refractivity contribution in [2.45, 2.75) is 11.5 Å². The number of carbonyl (C=O) groups is 1. The fourth-order valence-electron chi connectivity index (χ4n) is 1.56. The second kappa shape index (κ2) is 5.93. The molecule has 0 saturated heterocycles. The molecule has 0 unspecified atom stereocenters. The Morgan fingerprint density at radius 1 is 1.39 bits per heavy atom. The van der Waals surface area contributed by atoms with Gasteiger partial charge in [-0.15, -0.1) is 23.1 Å². The first kappa shape index (κ1) is 13.0. The number of aromatic carboxylic acids is 1. The third-order valence-corrected chi connectivity index (χ3v) is 4.00. The van der Waals surface area contributed by atoms with Crippen molar-refractivity contribution in [1.82, 2.24) is 0 Å².